The van der Waals surface area contributed by atoms with Gasteiger partial charge in [-0.2, -0.15) is 5.10 Å². The first-order valence-electron chi connectivity index (χ1n) is 5.32. The van der Waals surface area contributed by atoms with Crippen molar-refractivity contribution in [2.75, 3.05) is 5.32 Å². The molecular formula is C11H14N4OS. The fraction of sp³-hybridized carbons (Fsp3) is 0.273. The van der Waals surface area contributed by atoms with Gasteiger partial charge in [0.2, 0.25) is 5.91 Å². The van der Waals surface area contributed by atoms with Crippen LogP contribution in [0, 0.1) is 0 Å². The van der Waals surface area contributed by atoms with Crippen LogP contribution in [0.5, 0.6) is 0 Å². The van der Waals surface area contributed by atoms with Crippen molar-refractivity contribution in [1.29, 1.82) is 0 Å². The van der Waals surface area contributed by atoms with E-state index in [1.165, 1.54) is 11.3 Å². The Morgan fingerprint density at radius 1 is 1.65 bits per heavy atom. The molecule has 0 aliphatic rings. The minimum Gasteiger partial charge on any atom is -0.378 e. The van der Waals surface area contributed by atoms with Crippen LogP contribution in [-0.4, -0.2) is 15.7 Å². The second-order valence-corrected chi connectivity index (χ2v) is 4.60. The van der Waals surface area contributed by atoms with E-state index in [0.29, 0.717) is 12.1 Å². The Balaban J connectivity index is 1.94. The molecule has 2 heterocycles. The van der Waals surface area contributed by atoms with E-state index < -0.39 is 0 Å². The highest BCUT2D eigenvalue weighted by Gasteiger charge is 2.04. The van der Waals surface area contributed by atoms with Gasteiger partial charge < -0.3 is 11.1 Å². The smallest absolute Gasteiger partial charge is 0.249 e. The number of carbonyl (C=O) groups is 1. The summed E-state index contributed by atoms with van der Waals surface area (Å²) in [5, 5.41) is 9.18. The van der Waals surface area contributed by atoms with Crippen molar-refractivity contribution >= 4 is 22.9 Å². The molecule has 2 aromatic heterocycles. The Hall–Kier alpha value is -1.82. The molecule has 0 bridgehead atoms. The number of hydrogen-bond acceptors (Lipinski definition) is 4. The molecule has 2 rings (SSSR count). The molecule has 0 fully saturated rings. The SMILES string of the molecule is CCn1cc(NCc2cc(C(N)=O)cs2)cn1. The summed E-state index contributed by atoms with van der Waals surface area (Å²) in [6.07, 6.45) is 3.73. The lowest BCUT2D eigenvalue weighted by molar-refractivity contribution is 0.100. The van der Waals surface area contributed by atoms with Crippen molar-refractivity contribution in [3.05, 3.63) is 34.3 Å². The van der Waals surface area contributed by atoms with Gasteiger partial charge in [-0.3, -0.25) is 9.48 Å². The third kappa shape index (κ3) is 2.85. The van der Waals surface area contributed by atoms with Gasteiger partial charge in [-0.05, 0) is 13.0 Å². The van der Waals surface area contributed by atoms with Gasteiger partial charge >= 0.3 is 0 Å². The van der Waals surface area contributed by atoms with Gasteiger partial charge in [-0.15, -0.1) is 11.3 Å². The number of nitrogens with zero attached hydrogens (tertiary/aromatic N) is 2. The average molecular weight is 250 g/mol. The van der Waals surface area contributed by atoms with E-state index in [1.54, 1.807) is 11.6 Å². The summed E-state index contributed by atoms with van der Waals surface area (Å²) in [4.78, 5) is 12.0. The maximum atomic E-state index is 10.9. The molecule has 0 atom stereocenters. The summed E-state index contributed by atoms with van der Waals surface area (Å²) in [6.45, 7) is 3.56. The number of aromatic nitrogens is 2. The Kier molecular flexibility index (Phi) is 3.43. The Morgan fingerprint density at radius 3 is 3.06 bits per heavy atom. The van der Waals surface area contributed by atoms with E-state index in [9.17, 15) is 4.79 Å². The van der Waals surface area contributed by atoms with E-state index >= 15 is 0 Å². The van der Waals surface area contributed by atoms with E-state index in [0.717, 1.165) is 17.1 Å². The Labute approximate surface area is 103 Å². The van der Waals surface area contributed by atoms with E-state index in [4.69, 9.17) is 5.73 Å². The second-order valence-electron chi connectivity index (χ2n) is 3.60. The fourth-order valence-electron chi connectivity index (χ4n) is 1.42. The van der Waals surface area contributed by atoms with Crippen LogP contribution < -0.4 is 11.1 Å². The molecule has 3 N–H and O–H groups in total. The van der Waals surface area contributed by atoms with Crippen LogP contribution >= 0.6 is 11.3 Å². The predicted octanol–water partition coefficient (Wildman–Crippen LogP) is 1.68. The highest BCUT2D eigenvalue weighted by molar-refractivity contribution is 7.10. The molecule has 17 heavy (non-hydrogen) atoms. The van der Waals surface area contributed by atoms with Gasteiger partial charge in [0, 0.05) is 29.5 Å². The minimum absolute atomic E-state index is 0.383. The molecule has 0 saturated heterocycles. The van der Waals surface area contributed by atoms with Crippen molar-refractivity contribution in [1.82, 2.24) is 9.78 Å². The summed E-state index contributed by atoms with van der Waals surface area (Å²) in [7, 11) is 0. The number of amides is 1. The van der Waals surface area contributed by atoms with Crippen molar-refractivity contribution in [2.45, 2.75) is 20.0 Å². The molecular weight excluding hydrogens is 236 g/mol. The van der Waals surface area contributed by atoms with Gasteiger partial charge in [0.05, 0.1) is 17.4 Å². The number of thiophene rings is 1. The third-order valence-electron chi connectivity index (χ3n) is 2.36. The highest BCUT2D eigenvalue weighted by Crippen LogP contribution is 2.16. The van der Waals surface area contributed by atoms with E-state index in [2.05, 4.69) is 10.4 Å². The largest absolute Gasteiger partial charge is 0.378 e. The molecule has 0 saturated carbocycles. The summed E-state index contributed by atoms with van der Waals surface area (Å²) in [5.74, 6) is -0.383. The van der Waals surface area contributed by atoms with Crippen molar-refractivity contribution < 1.29 is 4.79 Å². The molecule has 5 nitrogen and oxygen atoms in total. The standard InChI is InChI=1S/C11H14N4OS/c1-2-15-6-9(4-14-15)13-5-10-3-8(7-17-10)11(12)16/h3-4,6-7,13H,2,5H2,1H3,(H2,12,16). The Bertz CT molecular complexity index is 517. The zero-order chi connectivity index (χ0) is 12.3. The quantitative estimate of drug-likeness (QED) is 0.848. The number of rotatable bonds is 5. The van der Waals surface area contributed by atoms with Crippen LogP contribution in [0.1, 0.15) is 22.2 Å². The number of nitrogens with two attached hydrogens (primary N) is 1. The number of anilines is 1. The van der Waals surface area contributed by atoms with Gasteiger partial charge in [-0.25, -0.2) is 0 Å². The second kappa shape index (κ2) is 5.01. The number of aryl methyl sites for hydroxylation is 1. The van der Waals surface area contributed by atoms with Crippen molar-refractivity contribution in [3.63, 3.8) is 0 Å². The maximum Gasteiger partial charge on any atom is 0.249 e. The molecule has 2 aromatic rings. The van der Waals surface area contributed by atoms with Gasteiger partial charge in [-0.1, -0.05) is 0 Å². The van der Waals surface area contributed by atoms with Crippen molar-refractivity contribution in [2.24, 2.45) is 5.73 Å². The predicted molar refractivity (Wildman–Crippen MR) is 68.1 cm³/mol. The number of hydrogen-bond donors (Lipinski definition) is 2. The van der Waals surface area contributed by atoms with Crippen LogP contribution in [0.4, 0.5) is 5.69 Å². The normalized spacial score (nSPS) is 10.4. The molecule has 6 heteroatoms. The molecule has 0 aliphatic heterocycles. The molecule has 0 spiro atoms. The van der Waals surface area contributed by atoms with Crippen molar-refractivity contribution in [3.8, 4) is 0 Å². The number of nitrogens with one attached hydrogen (secondary N) is 1. The lowest BCUT2D eigenvalue weighted by Crippen LogP contribution is -2.09. The Morgan fingerprint density at radius 2 is 2.47 bits per heavy atom. The number of primary amides is 1. The molecule has 1 amide bonds. The monoisotopic (exact) mass is 250 g/mol. The first kappa shape index (κ1) is 11.7. The van der Waals surface area contributed by atoms with Gasteiger partial charge in [0.15, 0.2) is 0 Å². The summed E-state index contributed by atoms with van der Waals surface area (Å²) in [6, 6.07) is 1.81. The molecule has 0 radical (unpaired) electrons. The lowest BCUT2D eigenvalue weighted by atomic mass is 10.3. The molecule has 90 valence electrons. The lowest BCUT2D eigenvalue weighted by Gasteiger charge is -1.99. The molecule has 0 aromatic carbocycles. The van der Waals surface area contributed by atoms with E-state index in [-0.39, 0.29) is 5.91 Å². The zero-order valence-electron chi connectivity index (χ0n) is 9.51. The summed E-state index contributed by atoms with van der Waals surface area (Å²) < 4.78 is 1.85. The topological polar surface area (TPSA) is 72.9 Å². The average Bonchev–Trinajstić information content (AvgIpc) is 2.95. The number of carbonyl (C=O) groups excluding carboxylic acids is 1. The summed E-state index contributed by atoms with van der Waals surface area (Å²) in [5.41, 5.74) is 6.73. The zero-order valence-corrected chi connectivity index (χ0v) is 10.3. The van der Waals surface area contributed by atoms with Crippen LogP contribution in [0.25, 0.3) is 0 Å². The van der Waals surface area contributed by atoms with Crippen LogP contribution in [0.15, 0.2) is 23.8 Å². The fourth-order valence-corrected chi connectivity index (χ4v) is 2.23. The van der Waals surface area contributed by atoms with Crippen LogP contribution in [-0.2, 0) is 13.1 Å². The van der Waals surface area contributed by atoms with Crippen LogP contribution in [0.2, 0.25) is 0 Å². The summed E-state index contributed by atoms with van der Waals surface area (Å²) >= 11 is 1.52. The maximum absolute atomic E-state index is 10.9. The van der Waals surface area contributed by atoms with E-state index in [1.807, 2.05) is 23.9 Å². The third-order valence-corrected chi connectivity index (χ3v) is 3.30. The minimum atomic E-state index is -0.383. The molecule has 0 unspecified atom stereocenters. The molecule has 0 aliphatic carbocycles. The van der Waals surface area contributed by atoms with Gasteiger partial charge in [0.25, 0.3) is 0 Å². The highest BCUT2D eigenvalue weighted by atomic mass is 32.1. The van der Waals surface area contributed by atoms with Gasteiger partial charge in [0.1, 0.15) is 0 Å². The first-order valence-corrected chi connectivity index (χ1v) is 6.20. The first-order chi connectivity index (χ1) is 8.19. The van der Waals surface area contributed by atoms with Crippen LogP contribution in [0.3, 0.4) is 0 Å².